The van der Waals surface area contributed by atoms with Gasteiger partial charge in [0.25, 0.3) is 10.0 Å². The molecule has 0 atom stereocenters. The number of sulfonamides is 1. The molecular weight excluding hydrogens is 318 g/mol. The monoisotopic (exact) mass is 337 g/mol. The molecule has 24 heavy (non-hydrogen) atoms. The average Bonchev–Trinajstić information content (AvgIpc) is 2.55. The molecule has 0 unspecified atom stereocenters. The highest BCUT2D eigenvalue weighted by Crippen LogP contribution is 2.30. The summed E-state index contributed by atoms with van der Waals surface area (Å²) in [6.07, 6.45) is 0. The molecule has 0 radical (unpaired) electrons. The quantitative estimate of drug-likeness (QED) is 0.745. The molecule has 3 aromatic carbocycles. The van der Waals surface area contributed by atoms with Gasteiger partial charge >= 0.3 is 0 Å². The number of hydrogen-bond donors (Lipinski definition) is 1. The maximum absolute atomic E-state index is 12.8. The van der Waals surface area contributed by atoms with Crippen molar-refractivity contribution in [3.63, 3.8) is 0 Å². The van der Waals surface area contributed by atoms with Crippen molar-refractivity contribution in [2.45, 2.75) is 18.7 Å². The van der Waals surface area contributed by atoms with Crippen molar-refractivity contribution in [3.05, 3.63) is 83.9 Å². The van der Waals surface area contributed by atoms with Crippen molar-refractivity contribution in [2.24, 2.45) is 0 Å². The molecule has 0 heterocycles. The van der Waals surface area contributed by atoms with Gasteiger partial charge in [-0.05, 0) is 37.1 Å². The summed E-state index contributed by atoms with van der Waals surface area (Å²) in [5.74, 6) is 0. The van der Waals surface area contributed by atoms with Crippen molar-refractivity contribution in [1.29, 1.82) is 0 Å². The minimum absolute atomic E-state index is 0.302. The van der Waals surface area contributed by atoms with Gasteiger partial charge in [-0.3, -0.25) is 4.72 Å². The summed E-state index contributed by atoms with van der Waals surface area (Å²) in [5.41, 5.74) is 4.17. The number of benzene rings is 3. The van der Waals surface area contributed by atoms with Crippen LogP contribution in [0.3, 0.4) is 0 Å². The van der Waals surface area contributed by atoms with Gasteiger partial charge in [-0.25, -0.2) is 8.42 Å². The normalized spacial score (nSPS) is 11.2. The highest BCUT2D eigenvalue weighted by molar-refractivity contribution is 7.92. The molecule has 4 heteroatoms. The van der Waals surface area contributed by atoms with E-state index in [9.17, 15) is 8.42 Å². The van der Waals surface area contributed by atoms with Crippen LogP contribution in [0.25, 0.3) is 11.1 Å². The number of rotatable bonds is 4. The van der Waals surface area contributed by atoms with Crippen LogP contribution in [-0.4, -0.2) is 8.42 Å². The molecule has 3 nitrogen and oxygen atoms in total. The Labute approximate surface area is 143 Å². The Kier molecular flexibility index (Phi) is 4.40. The van der Waals surface area contributed by atoms with Crippen molar-refractivity contribution in [3.8, 4) is 11.1 Å². The lowest BCUT2D eigenvalue weighted by Gasteiger charge is -2.14. The predicted octanol–water partition coefficient (Wildman–Crippen LogP) is 4.77. The van der Waals surface area contributed by atoms with E-state index in [1.807, 2.05) is 74.5 Å². The lowest BCUT2D eigenvalue weighted by molar-refractivity contribution is 0.600. The maximum Gasteiger partial charge on any atom is 0.262 e. The highest BCUT2D eigenvalue weighted by atomic mass is 32.2. The Morgan fingerprint density at radius 2 is 1.46 bits per heavy atom. The van der Waals surface area contributed by atoms with Crippen LogP contribution in [0.2, 0.25) is 0 Å². The van der Waals surface area contributed by atoms with Crippen LogP contribution in [0.4, 0.5) is 5.69 Å². The van der Waals surface area contributed by atoms with E-state index in [2.05, 4.69) is 4.72 Å². The Hall–Kier alpha value is -2.59. The zero-order valence-corrected chi connectivity index (χ0v) is 14.5. The van der Waals surface area contributed by atoms with Crippen molar-refractivity contribution >= 4 is 15.7 Å². The second-order valence-electron chi connectivity index (χ2n) is 5.79. The first-order chi connectivity index (χ1) is 11.5. The number of anilines is 1. The summed E-state index contributed by atoms with van der Waals surface area (Å²) in [6, 6.07) is 22.5. The second-order valence-corrected chi connectivity index (χ2v) is 7.44. The first kappa shape index (κ1) is 16.3. The predicted molar refractivity (Wildman–Crippen MR) is 98.6 cm³/mol. The Morgan fingerprint density at radius 3 is 2.17 bits per heavy atom. The van der Waals surface area contributed by atoms with E-state index in [-0.39, 0.29) is 0 Å². The molecule has 0 fully saturated rings. The van der Waals surface area contributed by atoms with Crippen LogP contribution in [0.15, 0.2) is 77.7 Å². The summed E-state index contributed by atoms with van der Waals surface area (Å²) in [7, 11) is -3.64. The van der Waals surface area contributed by atoms with E-state index in [4.69, 9.17) is 0 Å². The van der Waals surface area contributed by atoms with Gasteiger partial charge in [0.2, 0.25) is 0 Å². The van der Waals surface area contributed by atoms with Gasteiger partial charge in [0.15, 0.2) is 0 Å². The first-order valence-corrected chi connectivity index (χ1v) is 9.20. The molecule has 0 aliphatic heterocycles. The standard InChI is InChI=1S/C20H19NO2S/c1-15-12-13-20(16(2)14-15)24(22,23)21-19-11-7-6-10-18(19)17-8-4-3-5-9-17/h3-14,21H,1-2H3. The van der Waals surface area contributed by atoms with Gasteiger partial charge in [0, 0.05) is 5.56 Å². The fourth-order valence-corrected chi connectivity index (χ4v) is 4.05. The number of para-hydroxylation sites is 1. The Balaban J connectivity index is 2.03. The fourth-order valence-electron chi connectivity index (χ4n) is 2.74. The zero-order chi connectivity index (χ0) is 17.2. The average molecular weight is 337 g/mol. The molecule has 0 saturated carbocycles. The first-order valence-electron chi connectivity index (χ1n) is 7.72. The van der Waals surface area contributed by atoms with E-state index in [1.54, 1.807) is 12.1 Å². The molecule has 1 N–H and O–H groups in total. The number of aryl methyl sites for hydroxylation is 2. The minimum atomic E-state index is -3.64. The van der Waals surface area contributed by atoms with Gasteiger partial charge < -0.3 is 0 Å². The van der Waals surface area contributed by atoms with Crippen molar-refractivity contribution in [2.75, 3.05) is 4.72 Å². The molecule has 3 rings (SSSR count). The van der Waals surface area contributed by atoms with Crippen molar-refractivity contribution < 1.29 is 8.42 Å². The molecule has 0 aromatic heterocycles. The van der Waals surface area contributed by atoms with Crippen LogP contribution in [-0.2, 0) is 10.0 Å². The summed E-state index contributed by atoms with van der Waals surface area (Å²) in [6.45, 7) is 3.76. The summed E-state index contributed by atoms with van der Waals surface area (Å²) < 4.78 is 28.3. The largest absolute Gasteiger partial charge is 0.279 e. The van der Waals surface area contributed by atoms with E-state index >= 15 is 0 Å². The summed E-state index contributed by atoms with van der Waals surface area (Å²) >= 11 is 0. The second kappa shape index (κ2) is 6.49. The van der Waals surface area contributed by atoms with Crippen LogP contribution in [0.1, 0.15) is 11.1 Å². The van der Waals surface area contributed by atoms with Gasteiger partial charge in [-0.15, -0.1) is 0 Å². The third-order valence-electron chi connectivity index (χ3n) is 3.88. The van der Waals surface area contributed by atoms with Gasteiger partial charge in [-0.1, -0.05) is 66.2 Å². The topological polar surface area (TPSA) is 46.2 Å². The third kappa shape index (κ3) is 3.34. The van der Waals surface area contributed by atoms with E-state index < -0.39 is 10.0 Å². The minimum Gasteiger partial charge on any atom is -0.279 e. The summed E-state index contributed by atoms with van der Waals surface area (Å²) in [5, 5.41) is 0. The Bertz CT molecular complexity index is 964. The molecule has 0 saturated heterocycles. The molecule has 0 bridgehead atoms. The van der Waals surface area contributed by atoms with E-state index in [0.717, 1.165) is 22.3 Å². The zero-order valence-electron chi connectivity index (χ0n) is 13.7. The van der Waals surface area contributed by atoms with Crippen molar-refractivity contribution in [1.82, 2.24) is 0 Å². The smallest absolute Gasteiger partial charge is 0.262 e. The lowest BCUT2D eigenvalue weighted by Crippen LogP contribution is -2.15. The number of hydrogen-bond acceptors (Lipinski definition) is 2. The molecule has 0 aliphatic carbocycles. The third-order valence-corrected chi connectivity index (χ3v) is 5.40. The maximum atomic E-state index is 12.8. The molecule has 3 aromatic rings. The van der Waals surface area contributed by atoms with Crippen LogP contribution < -0.4 is 4.72 Å². The fraction of sp³-hybridized carbons (Fsp3) is 0.100. The van der Waals surface area contributed by atoms with Gasteiger partial charge in [-0.2, -0.15) is 0 Å². The van der Waals surface area contributed by atoms with E-state index in [1.165, 1.54) is 0 Å². The van der Waals surface area contributed by atoms with Crippen LogP contribution >= 0.6 is 0 Å². The molecule has 122 valence electrons. The molecule has 0 spiro atoms. The number of nitrogens with one attached hydrogen (secondary N) is 1. The Morgan fingerprint density at radius 1 is 0.792 bits per heavy atom. The van der Waals surface area contributed by atoms with Crippen LogP contribution in [0.5, 0.6) is 0 Å². The lowest BCUT2D eigenvalue weighted by atomic mass is 10.0. The summed E-state index contributed by atoms with van der Waals surface area (Å²) in [4.78, 5) is 0.302. The van der Waals surface area contributed by atoms with Gasteiger partial charge in [0.05, 0.1) is 10.6 Å². The van der Waals surface area contributed by atoms with E-state index in [0.29, 0.717) is 10.6 Å². The molecule has 0 aliphatic rings. The molecule has 0 amide bonds. The van der Waals surface area contributed by atoms with Gasteiger partial charge in [0.1, 0.15) is 0 Å². The highest BCUT2D eigenvalue weighted by Gasteiger charge is 2.18. The molecular formula is C20H19NO2S. The SMILES string of the molecule is Cc1ccc(S(=O)(=O)Nc2ccccc2-c2ccccc2)c(C)c1. The van der Waals surface area contributed by atoms with Crippen LogP contribution in [0, 0.1) is 13.8 Å².